The van der Waals surface area contributed by atoms with Crippen molar-refractivity contribution in [3.05, 3.63) is 83.7 Å². The Morgan fingerprint density at radius 2 is 1.78 bits per heavy atom. The average molecular weight is 484 g/mol. The lowest BCUT2D eigenvalue weighted by Gasteiger charge is -2.19. The molecule has 3 aromatic carbocycles. The molecule has 1 fully saturated rings. The predicted molar refractivity (Wildman–Crippen MR) is 143 cm³/mol. The molecule has 1 aromatic heterocycles. The Labute approximate surface area is 212 Å². The van der Waals surface area contributed by atoms with Crippen molar-refractivity contribution in [1.29, 1.82) is 0 Å². The second-order valence-corrected chi connectivity index (χ2v) is 9.49. The smallest absolute Gasteiger partial charge is 0.227 e. The Morgan fingerprint density at radius 1 is 0.972 bits per heavy atom. The highest BCUT2D eigenvalue weighted by atomic mass is 16.5. The number of fused-ring (bicyclic) bond motifs is 1. The van der Waals surface area contributed by atoms with Gasteiger partial charge in [-0.2, -0.15) is 0 Å². The molecule has 1 aliphatic heterocycles. The molecule has 1 aliphatic rings. The minimum atomic E-state index is 0.0293. The summed E-state index contributed by atoms with van der Waals surface area (Å²) in [6, 6.07) is 22.2. The van der Waals surface area contributed by atoms with Crippen LogP contribution in [0.1, 0.15) is 42.1 Å². The molecular formula is C30H33N3O3. The quantitative estimate of drug-likeness (QED) is 0.272. The maximum atomic E-state index is 13.0. The fourth-order valence-electron chi connectivity index (χ4n) is 4.97. The van der Waals surface area contributed by atoms with Gasteiger partial charge in [0.05, 0.1) is 30.4 Å². The lowest BCUT2D eigenvalue weighted by Crippen LogP contribution is -2.25. The SMILES string of the molecule is COc1ccccc1N1CC(c2nc3ccccc3n2CCCCOc2ccc(C)c(C)c2)CC1=O. The van der Waals surface area contributed by atoms with Gasteiger partial charge in [-0.1, -0.05) is 30.3 Å². The first-order valence-corrected chi connectivity index (χ1v) is 12.6. The zero-order chi connectivity index (χ0) is 25.1. The number of aromatic nitrogens is 2. The van der Waals surface area contributed by atoms with Crippen LogP contribution in [0.25, 0.3) is 11.0 Å². The molecule has 0 N–H and O–H groups in total. The average Bonchev–Trinajstić information content (AvgIpc) is 3.46. The molecule has 186 valence electrons. The van der Waals surface area contributed by atoms with E-state index in [-0.39, 0.29) is 11.8 Å². The topological polar surface area (TPSA) is 56.6 Å². The van der Waals surface area contributed by atoms with Gasteiger partial charge in [-0.3, -0.25) is 4.79 Å². The first kappa shape index (κ1) is 23.9. The maximum absolute atomic E-state index is 13.0. The van der Waals surface area contributed by atoms with Gasteiger partial charge < -0.3 is 18.9 Å². The second kappa shape index (κ2) is 10.4. The summed E-state index contributed by atoms with van der Waals surface area (Å²) in [4.78, 5) is 19.9. The number of carbonyl (C=O) groups is 1. The molecule has 5 rings (SSSR count). The van der Waals surface area contributed by atoms with E-state index in [1.54, 1.807) is 7.11 Å². The van der Waals surface area contributed by atoms with Crippen molar-refractivity contribution in [1.82, 2.24) is 9.55 Å². The summed E-state index contributed by atoms with van der Waals surface area (Å²) in [7, 11) is 1.64. The standard InChI is InChI=1S/C30H33N3O3/c1-21-14-15-24(18-22(21)2)36-17-9-8-16-32-26-11-5-4-10-25(26)31-30(32)23-19-29(34)33(20-23)27-12-6-7-13-28(27)35-3/h4-7,10-15,18,23H,8-9,16-17,19-20H2,1-3H3. The molecular weight excluding hydrogens is 450 g/mol. The van der Waals surface area contributed by atoms with Crippen LogP contribution >= 0.6 is 0 Å². The third kappa shape index (κ3) is 4.81. The number of methoxy groups -OCH3 is 1. The van der Waals surface area contributed by atoms with E-state index < -0.39 is 0 Å². The summed E-state index contributed by atoms with van der Waals surface area (Å²) < 4.78 is 13.8. The molecule has 0 radical (unpaired) electrons. The number of nitrogens with zero attached hydrogens (tertiary/aromatic N) is 3. The third-order valence-electron chi connectivity index (χ3n) is 7.07. The van der Waals surface area contributed by atoms with Gasteiger partial charge in [0, 0.05) is 25.4 Å². The number of aryl methyl sites for hydroxylation is 3. The van der Waals surface area contributed by atoms with Gasteiger partial charge in [0.25, 0.3) is 0 Å². The van der Waals surface area contributed by atoms with Gasteiger partial charge in [-0.25, -0.2) is 4.98 Å². The Hall–Kier alpha value is -3.80. The van der Waals surface area contributed by atoms with E-state index in [0.717, 1.165) is 47.7 Å². The minimum absolute atomic E-state index is 0.0293. The number of imidazole rings is 1. The number of carbonyl (C=O) groups excluding carboxylic acids is 1. The van der Waals surface area contributed by atoms with E-state index in [1.807, 2.05) is 53.4 Å². The molecule has 2 heterocycles. The molecule has 0 bridgehead atoms. The number of benzene rings is 3. The van der Waals surface area contributed by atoms with Gasteiger partial charge in [0.2, 0.25) is 5.91 Å². The Morgan fingerprint density at radius 3 is 2.61 bits per heavy atom. The van der Waals surface area contributed by atoms with Crippen molar-refractivity contribution in [2.24, 2.45) is 0 Å². The summed E-state index contributed by atoms with van der Waals surface area (Å²) >= 11 is 0. The largest absolute Gasteiger partial charge is 0.495 e. The first-order valence-electron chi connectivity index (χ1n) is 12.6. The molecule has 36 heavy (non-hydrogen) atoms. The molecule has 1 amide bonds. The highest BCUT2D eigenvalue weighted by Crippen LogP contribution is 2.37. The lowest BCUT2D eigenvalue weighted by atomic mass is 10.1. The Bertz CT molecular complexity index is 1380. The number of anilines is 1. The Kier molecular flexibility index (Phi) is 6.94. The highest BCUT2D eigenvalue weighted by molar-refractivity contribution is 5.97. The molecule has 1 saturated heterocycles. The number of amides is 1. The van der Waals surface area contributed by atoms with Crippen LogP contribution in [0.4, 0.5) is 5.69 Å². The number of para-hydroxylation sites is 4. The molecule has 6 nitrogen and oxygen atoms in total. The van der Waals surface area contributed by atoms with Crippen molar-refractivity contribution in [2.75, 3.05) is 25.2 Å². The lowest BCUT2D eigenvalue weighted by molar-refractivity contribution is -0.117. The van der Waals surface area contributed by atoms with Gasteiger partial charge in [0.15, 0.2) is 0 Å². The van der Waals surface area contributed by atoms with Crippen LogP contribution in [0.15, 0.2) is 66.7 Å². The van der Waals surface area contributed by atoms with Crippen molar-refractivity contribution >= 4 is 22.6 Å². The normalized spacial score (nSPS) is 15.6. The van der Waals surface area contributed by atoms with Crippen LogP contribution in [-0.4, -0.2) is 35.7 Å². The van der Waals surface area contributed by atoms with Crippen LogP contribution in [-0.2, 0) is 11.3 Å². The van der Waals surface area contributed by atoms with E-state index in [0.29, 0.717) is 25.3 Å². The zero-order valence-corrected chi connectivity index (χ0v) is 21.2. The number of unbranched alkanes of at least 4 members (excludes halogenated alkanes) is 1. The first-order chi connectivity index (χ1) is 17.5. The predicted octanol–water partition coefficient (Wildman–Crippen LogP) is 6.04. The van der Waals surface area contributed by atoms with Crippen molar-refractivity contribution in [3.8, 4) is 11.5 Å². The third-order valence-corrected chi connectivity index (χ3v) is 7.07. The summed E-state index contributed by atoms with van der Waals surface area (Å²) in [6.07, 6.45) is 2.35. The van der Waals surface area contributed by atoms with Crippen molar-refractivity contribution < 1.29 is 14.3 Å². The molecule has 1 atom stereocenters. The van der Waals surface area contributed by atoms with E-state index >= 15 is 0 Å². The zero-order valence-electron chi connectivity index (χ0n) is 21.2. The van der Waals surface area contributed by atoms with E-state index in [4.69, 9.17) is 14.5 Å². The minimum Gasteiger partial charge on any atom is -0.495 e. The van der Waals surface area contributed by atoms with Crippen LogP contribution in [0.3, 0.4) is 0 Å². The van der Waals surface area contributed by atoms with Gasteiger partial charge in [0.1, 0.15) is 17.3 Å². The summed E-state index contributed by atoms with van der Waals surface area (Å²) in [6.45, 7) is 6.33. The summed E-state index contributed by atoms with van der Waals surface area (Å²) in [5.41, 5.74) is 5.43. The maximum Gasteiger partial charge on any atom is 0.227 e. The molecule has 6 heteroatoms. The fourth-order valence-corrected chi connectivity index (χ4v) is 4.97. The second-order valence-electron chi connectivity index (χ2n) is 9.49. The van der Waals surface area contributed by atoms with Crippen LogP contribution < -0.4 is 14.4 Å². The van der Waals surface area contributed by atoms with Crippen LogP contribution in [0.5, 0.6) is 11.5 Å². The van der Waals surface area contributed by atoms with Gasteiger partial charge in [-0.15, -0.1) is 0 Å². The Balaban J connectivity index is 1.30. The number of hydrogen-bond donors (Lipinski definition) is 0. The molecule has 0 aliphatic carbocycles. The number of hydrogen-bond acceptors (Lipinski definition) is 4. The molecule has 1 unspecified atom stereocenters. The molecule has 0 spiro atoms. The van der Waals surface area contributed by atoms with Crippen LogP contribution in [0.2, 0.25) is 0 Å². The fraction of sp³-hybridized carbons (Fsp3) is 0.333. The van der Waals surface area contributed by atoms with Gasteiger partial charge in [-0.05, 0) is 74.2 Å². The van der Waals surface area contributed by atoms with Crippen molar-refractivity contribution in [2.45, 2.75) is 45.6 Å². The highest BCUT2D eigenvalue weighted by Gasteiger charge is 2.35. The van der Waals surface area contributed by atoms with E-state index in [2.05, 4.69) is 36.6 Å². The monoisotopic (exact) mass is 483 g/mol. The summed E-state index contributed by atoms with van der Waals surface area (Å²) in [5.74, 6) is 2.75. The number of rotatable bonds is 9. The van der Waals surface area contributed by atoms with E-state index in [9.17, 15) is 4.79 Å². The van der Waals surface area contributed by atoms with Crippen LogP contribution in [0, 0.1) is 13.8 Å². The summed E-state index contributed by atoms with van der Waals surface area (Å²) in [5, 5.41) is 0. The molecule has 0 saturated carbocycles. The number of ether oxygens (including phenoxy) is 2. The van der Waals surface area contributed by atoms with Crippen molar-refractivity contribution in [3.63, 3.8) is 0 Å². The molecule has 4 aromatic rings. The van der Waals surface area contributed by atoms with E-state index in [1.165, 1.54) is 11.1 Å². The van der Waals surface area contributed by atoms with Gasteiger partial charge >= 0.3 is 0 Å².